The molecule has 2 aromatic rings. The Hall–Kier alpha value is -1.52. The Morgan fingerprint density at radius 1 is 1.05 bits per heavy atom. The van der Waals surface area contributed by atoms with E-state index in [0.29, 0.717) is 12.4 Å². The maximum absolute atomic E-state index is 9.07. The van der Waals surface area contributed by atoms with Gasteiger partial charge in [0.2, 0.25) is 0 Å². The fourth-order valence-corrected chi connectivity index (χ4v) is 2.18. The van der Waals surface area contributed by atoms with Crippen LogP contribution in [0.1, 0.15) is 18.9 Å². The van der Waals surface area contributed by atoms with Crippen LogP contribution >= 0.6 is 15.9 Å². The van der Waals surface area contributed by atoms with Gasteiger partial charge in [-0.3, -0.25) is 0 Å². The fourth-order valence-electron chi connectivity index (χ4n) is 1.68. The Bertz CT molecular complexity index is 552. The molecule has 0 radical (unpaired) electrons. The van der Waals surface area contributed by atoms with E-state index in [-0.39, 0.29) is 6.61 Å². The zero-order chi connectivity index (χ0) is 14.4. The summed E-state index contributed by atoms with van der Waals surface area (Å²) in [6, 6.07) is 13.0. The van der Waals surface area contributed by atoms with Crippen LogP contribution in [0, 0.1) is 0 Å². The van der Waals surface area contributed by atoms with E-state index in [1.54, 1.807) is 0 Å². The van der Waals surface area contributed by atoms with Crippen LogP contribution in [-0.4, -0.2) is 11.7 Å². The van der Waals surface area contributed by atoms with E-state index in [2.05, 4.69) is 22.9 Å². The molecular weight excluding hydrogens is 320 g/mol. The van der Waals surface area contributed by atoms with Crippen LogP contribution in [0.25, 0.3) is 0 Å². The van der Waals surface area contributed by atoms with Crippen LogP contribution in [0.15, 0.2) is 46.9 Å². The van der Waals surface area contributed by atoms with Crippen molar-refractivity contribution in [3.63, 3.8) is 0 Å². The molecule has 0 bridgehead atoms. The third kappa shape index (κ3) is 3.99. The first-order chi connectivity index (χ1) is 9.72. The third-order valence-electron chi connectivity index (χ3n) is 2.70. The van der Waals surface area contributed by atoms with E-state index in [4.69, 9.17) is 14.6 Å². The van der Waals surface area contributed by atoms with E-state index in [0.717, 1.165) is 28.0 Å². The van der Waals surface area contributed by atoms with E-state index in [1.165, 1.54) is 0 Å². The normalized spacial score (nSPS) is 10.3. The van der Waals surface area contributed by atoms with Gasteiger partial charge in [0.15, 0.2) is 0 Å². The van der Waals surface area contributed by atoms with Crippen molar-refractivity contribution in [1.82, 2.24) is 0 Å². The van der Waals surface area contributed by atoms with Gasteiger partial charge in [-0.1, -0.05) is 13.0 Å². The van der Waals surface area contributed by atoms with Crippen molar-refractivity contribution in [3.05, 3.63) is 52.5 Å². The average molecular weight is 337 g/mol. The summed E-state index contributed by atoms with van der Waals surface area (Å²) in [6.07, 6.45) is 0.988. The highest BCUT2D eigenvalue weighted by molar-refractivity contribution is 9.10. The first-order valence-corrected chi connectivity index (χ1v) is 7.32. The molecular formula is C16H17BrO3. The predicted octanol–water partition coefficient (Wildman–Crippen LogP) is 4.52. The zero-order valence-electron chi connectivity index (χ0n) is 11.3. The average Bonchev–Trinajstić information content (AvgIpc) is 2.48. The van der Waals surface area contributed by atoms with Crippen LogP contribution in [0.4, 0.5) is 0 Å². The smallest absolute Gasteiger partial charge is 0.141 e. The molecule has 0 aliphatic rings. The highest BCUT2D eigenvalue weighted by Gasteiger charge is 2.04. The van der Waals surface area contributed by atoms with Crippen LogP contribution in [-0.2, 0) is 6.61 Å². The van der Waals surface area contributed by atoms with Crippen molar-refractivity contribution in [3.8, 4) is 17.2 Å². The molecule has 0 saturated heterocycles. The number of hydrogen-bond donors (Lipinski definition) is 1. The van der Waals surface area contributed by atoms with E-state index >= 15 is 0 Å². The van der Waals surface area contributed by atoms with Crippen LogP contribution in [0.3, 0.4) is 0 Å². The Kier molecular flexibility index (Phi) is 5.44. The number of hydrogen-bond acceptors (Lipinski definition) is 3. The van der Waals surface area contributed by atoms with E-state index < -0.39 is 0 Å². The number of aliphatic hydroxyl groups is 1. The van der Waals surface area contributed by atoms with Gasteiger partial charge in [-0.05, 0) is 64.3 Å². The van der Waals surface area contributed by atoms with Gasteiger partial charge in [0.1, 0.15) is 17.2 Å². The molecule has 0 aliphatic carbocycles. The molecule has 2 aromatic carbocycles. The molecule has 0 unspecified atom stereocenters. The molecule has 3 nitrogen and oxygen atoms in total. The maximum atomic E-state index is 9.07. The van der Waals surface area contributed by atoms with Crippen molar-refractivity contribution in [2.75, 3.05) is 6.61 Å². The van der Waals surface area contributed by atoms with Crippen LogP contribution in [0.2, 0.25) is 0 Å². The maximum Gasteiger partial charge on any atom is 0.141 e. The van der Waals surface area contributed by atoms with Gasteiger partial charge in [0, 0.05) is 0 Å². The Morgan fingerprint density at radius 3 is 2.35 bits per heavy atom. The standard InChI is InChI=1S/C16H17BrO3/c1-2-9-19-13-4-6-14(7-5-13)20-16-8-3-12(11-18)10-15(16)17/h3-8,10,18H,2,9,11H2,1H3. The van der Waals surface area contributed by atoms with Crippen molar-refractivity contribution in [2.24, 2.45) is 0 Å². The molecule has 0 atom stereocenters. The monoisotopic (exact) mass is 336 g/mol. The lowest BCUT2D eigenvalue weighted by Crippen LogP contribution is -1.94. The highest BCUT2D eigenvalue weighted by Crippen LogP contribution is 2.31. The molecule has 0 aliphatic heterocycles. The van der Waals surface area contributed by atoms with Crippen LogP contribution in [0.5, 0.6) is 17.2 Å². The van der Waals surface area contributed by atoms with Gasteiger partial charge in [0.25, 0.3) is 0 Å². The number of ether oxygens (including phenoxy) is 2. The summed E-state index contributed by atoms with van der Waals surface area (Å²) in [4.78, 5) is 0. The van der Waals surface area contributed by atoms with E-state index in [9.17, 15) is 0 Å². The van der Waals surface area contributed by atoms with Crippen molar-refractivity contribution >= 4 is 15.9 Å². The van der Waals surface area contributed by atoms with Crippen LogP contribution < -0.4 is 9.47 Å². The molecule has 0 saturated carbocycles. The molecule has 0 heterocycles. The zero-order valence-corrected chi connectivity index (χ0v) is 12.9. The summed E-state index contributed by atoms with van der Waals surface area (Å²) < 4.78 is 12.1. The number of aliphatic hydroxyl groups excluding tert-OH is 1. The molecule has 20 heavy (non-hydrogen) atoms. The SMILES string of the molecule is CCCOc1ccc(Oc2ccc(CO)cc2Br)cc1. The summed E-state index contributed by atoms with van der Waals surface area (Å²) >= 11 is 3.43. The molecule has 1 N–H and O–H groups in total. The molecule has 106 valence electrons. The molecule has 0 fully saturated rings. The number of benzene rings is 2. The quantitative estimate of drug-likeness (QED) is 0.842. The van der Waals surface area contributed by atoms with Crippen molar-refractivity contribution < 1.29 is 14.6 Å². The number of rotatable bonds is 6. The first-order valence-electron chi connectivity index (χ1n) is 6.53. The summed E-state index contributed by atoms with van der Waals surface area (Å²) in [6.45, 7) is 2.81. The minimum atomic E-state index is 0.0162. The summed E-state index contributed by atoms with van der Waals surface area (Å²) in [5, 5.41) is 9.07. The lowest BCUT2D eigenvalue weighted by Gasteiger charge is -2.10. The molecule has 0 amide bonds. The van der Waals surface area contributed by atoms with Crippen molar-refractivity contribution in [1.29, 1.82) is 0 Å². The second-order valence-corrected chi connectivity index (χ2v) is 5.20. The predicted molar refractivity (Wildman–Crippen MR) is 82.4 cm³/mol. The number of halogens is 1. The van der Waals surface area contributed by atoms with Gasteiger partial charge < -0.3 is 14.6 Å². The van der Waals surface area contributed by atoms with E-state index in [1.807, 2.05) is 42.5 Å². The Labute approximate surface area is 127 Å². The molecule has 4 heteroatoms. The second-order valence-electron chi connectivity index (χ2n) is 4.34. The van der Waals surface area contributed by atoms with Gasteiger partial charge >= 0.3 is 0 Å². The minimum Gasteiger partial charge on any atom is -0.494 e. The topological polar surface area (TPSA) is 38.7 Å². The van der Waals surface area contributed by atoms with Gasteiger partial charge in [-0.2, -0.15) is 0 Å². The summed E-state index contributed by atoms with van der Waals surface area (Å²) in [5.74, 6) is 2.30. The van der Waals surface area contributed by atoms with Gasteiger partial charge in [0.05, 0.1) is 17.7 Å². The summed E-state index contributed by atoms with van der Waals surface area (Å²) in [5.41, 5.74) is 0.840. The Morgan fingerprint density at radius 2 is 1.75 bits per heavy atom. The molecule has 0 aromatic heterocycles. The molecule has 0 spiro atoms. The molecule has 2 rings (SSSR count). The summed E-state index contributed by atoms with van der Waals surface area (Å²) in [7, 11) is 0. The lowest BCUT2D eigenvalue weighted by atomic mass is 10.2. The first kappa shape index (κ1) is 14.9. The fraction of sp³-hybridized carbons (Fsp3) is 0.250. The van der Waals surface area contributed by atoms with Gasteiger partial charge in [-0.15, -0.1) is 0 Å². The second kappa shape index (κ2) is 7.31. The Balaban J connectivity index is 2.06. The third-order valence-corrected chi connectivity index (χ3v) is 3.32. The minimum absolute atomic E-state index is 0.0162. The highest BCUT2D eigenvalue weighted by atomic mass is 79.9. The van der Waals surface area contributed by atoms with Crippen molar-refractivity contribution in [2.45, 2.75) is 20.0 Å². The van der Waals surface area contributed by atoms with Gasteiger partial charge in [-0.25, -0.2) is 0 Å². The largest absolute Gasteiger partial charge is 0.494 e. The lowest BCUT2D eigenvalue weighted by molar-refractivity contribution is 0.281.